The molecule has 0 spiro atoms. The Bertz CT molecular complexity index is 1370. The van der Waals surface area contributed by atoms with Crippen molar-refractivity contribution >= 4 is 46.5 Å². The van der Waals surface area contributed by atoms with Crippen LogP contribution in [-0.4, -0.2) is 33.0 Å². The summed E-state index contributed by atoms with van der Waals surface area (Å²) in [5.41, 5.74) is 2.11. The second kappa shape index (κ2) is 11.7. The third kappa shape index (κ3) is 5.64. The SMILES string of the molecule is O=C(c1ccccc1)[C@H]1S[C@H](C(=O)c2ccccc2)[C@@H](c2ccc(Cl)cc2)C([N+](=O)[O-])[C@@H]1c1ccc(Cl)cc1. The molecule has 0 amide bonds. The molecule has 0 unspecified atom stereocenters. The molecule has 0 radical (unpaired) electrons. The number of halogens is 2. The van der Waals surface area contributed by atoms with Crippen LogP contribution in [0.4, 0.5) is 0 Å². The molecule has 196 valence electrons. The number of thioether (sulfide) groups is 1. The maximum absolute atomic E-state index is 14.0. The van der Waals surface area contributed by atoms with Gasteiger partial charge in [0.1, 0.15) is 0 Å². The smallest absolute Gasteiger partial charge is 0.229 e. The van der Waals surface area contributed by atoms with Gasteiger partial charge >= 0.3 is 0 Å². The van der Waals surface area contributed by atoms with E-state index >= 15 is 0 Å². The Kier molecular flexibility index (Phi) is 8.17. The van der Waals surface area contributed by atoms with E-state index in [9.17, 15) is 19.7 Å². The maximum Gasteiger partial charge on any atom is 0.229 e. The van der Waals surface area contributed by atoms with Gasteiger partial charge in [-0.15, -0.1) is 11.8 Å². The largest absolute Gasteiger partial charge is 0.293 e. The average Bonchev–Trinajstić information content (AvgIpc) is 2.97. The second-order valence-electron chi connectivity index (χ2n) is 9.37. The minimum absolute atomic E-state index is 0.257. The highest BCUT2D eigenvalue weighted by atomic mass is 35.5. The number of hydrogen-bond donors (Lipinski definition) is 0. The van der Waals surface area contributed by atoms with Crippen molar-refractivity contribution < 1.29 is 14.5 Å². The highest BCUT2D eigenvalue weighted by Gasteiger charge is 2.57. The van der Waals surface area contributed by atoms with E-state index in [-0.39, 0.29) is 16.5 Å². The van der Waals surface area contributed by atoms with Crippen molar-refractivity contribution in [2.45, 2.75) is 28.4 Å². The molecule has 39 heavy (non-hydrogen) atoms. The summed E-state index contributed by atoms with van der Waals surface area (Å²) < 4.78 is 0. The molecule has 4 aromatic carbocycles. The van der Waals surface area contributed by atoms with Gasteiger partial charge in [-0.3, -0.25) is 19.7 Å². The van der Waals surface area contributed by atoms with Crippen molar-refractivity contribution in [2.24, 2.45) is 0 Å². The fraction of sp³-hybridized carbons (Fsp3) is 0.161. The fourth-order valence-corrected chi connectivity index (χ4v) is 7.33. The third-order valence-electron chi connectivity index (χ3n) is 7.07. The molecule has 4 atom stereocenters. The van der Waals surface area contributed by atoms with E-state index in [0.29, 0.717) is 32.3 Å². The lowest BCUT2D eigenvalue weighted by molar-refractivity contribution is -0.531. The Morgan fingerprint density at radius 2 is 0.974 bits per heavy atom. The van der Waals surface area contributed by atoms with Gasteiger partial charge in [0.15, 0.2) is 11.6 Å². The van der Waals surface area contributed by atoms with Crippen molar-refractivity contribution in [2.75, 3.05) is 0 Å². The summed E-state index contributed by atoms with van der Waals surface area (Å²) in [6.45, 7) is 0. The lowest BCUT2D eigenvalue weighted by Crippen LogP contribution is -2.51. The van der Waals surface area contributed by atoms with Crippen LogP contribution in [0.3, 0.4) is 0 Å². The van der Waals surface area contributed by atoms with Crippen molar-refractivity contribution in [1.82, 2.24) is 0 Å². The normalized spacial score (nSPS) is 22.7. The first kappa shape index (κ1) is 27.1. The van der Waals surface area contributed by atoms with Crippen LogP contribution >= 0.6 is 35.0 Å². The standard InChI is InChI=1S/C31H23Cl2NO4S/c32-23-15-11-19(12-16-23)25-27(34(37)38)26(20-13-17-24(33)18-14-20)31(29(36)22-9-5-2-6-10-22)39-30(25)28(35)21-7-3-1-4-8-21/h1-18,25-27,30-31H/t25-,26-,30-,31-/m0/s1. The van der Waals surface area contributed by atoms with Crippen LogP contribution < -0.4 is 0 Å². The van der Waals surface area contributed by atoms with Gasteiger partial charge < -0.3 is 0 Å². The summed E-state index contributed by atoms with van der Waals surface area (Å²) in [4.78, 5) is 40.7. The van der Waals surface area contributed by atoms with Crippen molar-refractivity contribution in [1.29, 1.82) is 0 Å². The molecule has 0 aromatic heterocycles. The molecule has 0 bridgehead atoms. The topological polar surface area (TPSA) is 77.3 Å². The van der Waals surface area contributed by atoms with Crippen LogP contribution in [0.5, 0.6) is 0 Å². The number of carbonyl (C=O) groups excluding carboxylic acids is 2. The first-order valence-electron chi connectivity index (χ1n) is 12.3. The van der Waals surface area contributed by atoms with Crippen LogP contribution in [0.1, 0.15) is 43.7 Å². The van der Waals surface area contributed by atoms with Gasteiger partial charge in [0.25, 0.3) is 0 Å². The zero-order valence-electron chi connectivity index (χ0n) is 20.5. The Balaban J connectivity index is 1.72. The molecule has 1 aliphatic heterocycles. The molecule has 1 heterocycles. The zero-order valence-corrected chi connectivity index (χ0v) is 22.9. The first-order valence-corrected chi connectivity index (χ1v) is 14.0. The number of hydrogen-bond acceptors (Lipinski definition) is 5. The number of nitro groups is 1. The van der Waals surface area contributed by atoms with Gasteiger partial charge in [-0.25, -0.2) is 0 Å². The molecular formula is C31H23Cl2NO4S. The van der Waals surface area contributed by atoms with Crippen molar-refractivity contribution in [3.63, 3.8) is 0 Å². The number of Topliss-reactive ketones (excluding diaryl/α,β-unsaturated/α-hetero) is 2. The molecule has 1 saturated heterocycles. The second-order valence-corrected chi connectivity index (χ2v) is 11.5. The Morgan fingerprint density at radius 3 is 1.31 bits per heavy atom. The van der Waals surface area contributed by atoms with Gasteiger partial charge in [-0.2, -0.15) is 0 Å². The summed E-state index contributed by atoms with van der Waals surface area (Å²) in [7, 11) is 0. The predicted octanol–water partition coefficient (Wildman–Crippen LogP) is 7.76. The lowest BCUT2D eigenvalue weighted by Gasteiger charge is -2.42. The monoisotopic (exact) mass is 575 g/mol. The number of carbonyl (C=O) groups is 2. The molecule has 0 aliphatic carbocycles. The number of benzene rings is 4. The lowest BCUT2D eigenvalue weighted by atomic mass is 9.74. The Hall–Kier alpha value is -3.45. The molecule has 1 fully saturated rings. The van der Waals surface area contributed by atoms with E-state index in [1.165, 1.54) is 11.8 Å². The first-order chi connectivity index (χ1) is 18.8. The summed E-state index contributed by atoms with van der Waals surface area (Å²) in [5, 5.41) is 12.2. The number of ketones is 2. The van der Waals surface area contributed by atoms with Crippen LogP contribution in [0.2, 0.25) is 10.0 Å². The Morgan fingerprint density at radius 1 is 0.615 bits per heavy atom. The van der Waals surface area contributed by atoms with Crippen LogP contribution in [-0.2, 0) is 0 Å². The molecule has 0 saturated carbocycles. The summed E-state index contributed by atoms with van der Waals surface area (Å²) in [6.07, 6.45) is 0. The van der Waals surface area contributed by atoms with Crippen LogP contribution in [0.25, 0.3) is 0 Å². The summed E-state index contributed by atoms with van der Waals surface area (Å²) in [5.74, 6) is -2.16. The minimum atomic E-state index is -1.27. The molecule has 1 aliphatic rings. The van der Waals surface area contributed by atoms with Crippen LogP contribution in [0, 0.1) is 10.1 Å². The van der Waals surface area contributed by atoms with Gasteiger partial charge in [0.2, 0.25) is 6.04 Å². The van der Waals surface area contributed by atoms with E-state index in [2.05, 4.69) is 0 Å². The van der Waals surface area contributed by atoms with Crippen LogP contribution in [0.15, 0.2) is 109 Å². The van der Waals surface area contributed by atoms with Crippen molar-refractivity contribution in [3.8, 4) is 0 Å². The van der Waals surface area contributed by atoms with E-state index < -0.39 is 28.4 Å². The van der Waals surface area contributed by atoms with Gasteiger partial charge in [0.05, 0.1) is 22.3 Å². The van der Waals surface area contributed by atoms with E-state index in [0.717, 1.165) is 0 Å². The van der Waals surface area contributed by atoms with E-state index in [1.807, 2.05) is 0 Å². The highest BCUT2D eigenvalue weighted by molar-refractivity contribution is 8.02. The molecule has 4 aromatic rings. The zero-order chi connectivity index (χ0) is 27.5. The van der Waals surface area contributed by atoms with Gasteiger partial charge in [0, 0.05) is 26.1 Å². The van der Waals surface area contributed by atoms with E-state index in [4.69, 9.17) is 23.2 Å². The third-order valence-corrected chi connectivity index (χ3v) is 9.17. The Labute approximate surface area is 240 Å². The molecule has 5 nitrogen and oxygen atoms in total. The number of rotatable bonds is 7. The average molecular weight is 577 g/mol. The van der Waals surface area contributed by atoms with Crippen molar-refractivity contribution in [3.05, 3.63) is 152 Å². The molecule has 0 N–H and O–H groups in total. The molecular weight excluding hydrogens is 553 g/mol. The number of nitrogens with zero attached hydrogens (tertiary/aromatic N) is 1. The highest BCUT2D eigenvalue weighted by Crippen LogP contribution is 2.52. The summed E-state index contributed by atoms with van der Waals surface area (Å²) in [6, 6.07) is 29.7. The quantitative estimate of drug-likeness (QED) is 0.128. The predicted molar refractivity (Wildman–Crippen MR) is 156 cm³/mol. The van der Waals surface area contributed by atoms with Gasteiger partial charge in [-0.05, 0) is 35.4 Å². The summed E-state index contributed by atoms with van der Waals surface area (Å²) >= 11 is 13.5. The molecule has 8 heteroatoms. The molecule has 5 rings (SSSR count). The van der Waals surface area contributed by atoms with Gasteiger partial charge in [-0.1, -0.05) is 108 Å². The maximum atomic E-state index is 14.0. The minimum Gasteiger partial charge on any atom is -0.293 e. The van der Waals surface area contributed by atoms with E-state index in [1.54, 1.807) is 109 Å². The fourth-order valence-electron chi connectivity index (χ4n) is 5.27.